The molecule has 1 amide bonds. The van der Waals surface area contributed by atoms with E-state index in [4.69, 9.17) is 9.52 Å². The van der Waals surface area contributed by atoms with E-state index in [1.807, 2.05) is 19.1 Å². The Morgan fingerprint density at radius 2 is 2.10 bits per heavy atom. The van der Waals surface area contributed by atoms with Gasteiger partial charge in [-0.05, 0) is 39.3 Å². The van der Waals surface area contributed by atoms with Crippen LogP contribution in [0.3, 0.4) is 0 Å². The Labute approximate surface area is 121 Å². The van der Waals surface area contributed by atoms with Crippen LogP contribution in [0.15, 0.2) is 16.5 Å². The van der Waals surface area contributed by atoms with Crippen LogP contribution in [0.2, 0.25) is 0 Å². The number of hydrogen-bond donors (Lipinski definition) is 1. The molecule has 114 valence electrons. The van der Waals surface area contributed by atoms with E-state index in [0.717, 1.165) is 18.1 Å². The van der Waals surface area contributed by atoms with Crippen LogP contribution < -0.4 is 0 Å². The Balaban J connectivity index is 2.50. The summed E-state index contributed by atoms with van der Waals surface area (Å²) in [7, 11) is 1.78. The number of amides is 1. The highest BCUT2D eigenvalue weighted by Crippen LogP contribution is 2.09. The molecular formula is C15H26N2O3. The van der Waals surface area contributed by atoms with Gasteiger partial charge in [0.15, 0.2) is 0 Å². The smallest absolute Gasteiger partial charge is 0.236 e. The monoisotopic (exact) mass is 282 g/mol. The minimum absolute atomic E-state index is 0.0608. The quantitative estimate of drug-likeness (QED) is 0.787. The van der Waals surface area contributed by atoms with Crippen LogP contribution in [0.4, 0.5) is 0 Å². The largest absolute Gasteiger partial charge is 0.464 e. The number of carbonyl (C=O) groups excluding carboxylic acids is 1. The van der Waals surface area contributed by atoms with Crippen molar-refractivity contribution in [1.82, 2.24) is 9.80 Å². The van der Waals surface area contributed by atoms with Gasteiger partial charge in [0.1, 0.15) is 11.5 Å². The molecule has 0 atom stereocenters. The zero-order chi connectivity index (χ0) is 15.1. The van der Waals surface area contributed by atoms with Crippen LogP contribution in [-0.2, 0) is 11.3 Å². The predicted octanol–water partition coefficient (Wildman–Crippen LogP) is 1.64. The highest BCUT2D eigenvalue weighted by Gasteiger charge is 2.17. The van der Waals surface area contributed by atoms with E-state index < -0.39 is 0 Å². The lowest BCUT2D eigenvalue weighted by Gasteiger charge is -2.27. The maximum atomic E-state index is 12.2. The highest BCUT2D eigenvalue weighted by molar-refractivity contribution is 5.77. The molecule has 20 heavy (non-hydrogen) atoms. The SMILES string of the molecule is Cc1ccc(CN(C)C(=O)CN(CCCO)C(C)C)o1. The van der Waals surface area contributed by atoms with E-state index in [1.165, 1.54) is 0 Å². The van der Waals surface area contributed by atoms with Crippen molar-refractivity contribution in [2.24, 2.45) is 0 Å². The van der Waals surface area contributed by atoms with Crippen LogP contribution in [0.5, 0.6) is 0 Å². The molecule has 5 heteroatoms. The molecule has 0 radical (unpaired) electrons. The lowest BCUT2D eigenvalue weighted by Crippen LogP contribution is -2.42. The third-order valence-electron chi connectivity index (χ3n) is 3.29. The molecule has 0 bridgehead atoms. The molecule has 1 N–H and O–H groups in total. The summed E-state index contributed by atoms with van der Waals surface area (Å²) in [5.74, 6) is 1.71. The molecule has 0 aliphatic heterocycles. The van der Waals surface area contributed by atoms with Crippen molar-refractivity contribution >= 4 is 5.91 Å². The van der Waals surface area contributed by atoms with Crippen LogP contribution in [0, 0.1) is 6.92 Å². The third kappa shape index (κ3) is 5.35. The summed E-state index contributed by atoms with van der Waals surface area (Å²) in [6.07, 6.45) is 0.687. The van der Waals surface area contributed by atoms with E-state index in [2.05, 4.69) is 18.7 Å². The molecular weight excluding hydrogens is 256 g/mol. The van der Waals surface area contributed by atoms with Gasteiger partial charge in [0.2, 0.25) is 5.91 Å². The average Bonchev–Trinajstić information content (AvgIpc) is 2.79. The fourth-order valence-corrected chi connectivity index (χ4v) is 1.98. The van der Waals surface area contributed by atoms with Gasteiger partial charge in [0.05, 0.1) is 13.1 Å². The Kier molecular flexibility index (Phi) is 6.75. The summed E-state index contributed by atoms with van der Waals surface area (Å²) in [5.41, 5.74) is 0. The number of aryl methyl sites for hydroxylation is 1. The average molecular weight is 282 g/mol. The van der Waals surface area contributed by atoms with Crippen LogP contribution in [-0.4, -0.2) is 53.6 Å². The first kappa shape index (κ1) is 16.7. The third-order valence-corrected chi connectivity index (χ3v) is 3.29. The van der Waals surface area contributed by atoms with Crippen molar-refractivity contribution in [1.29, 1.82) is 0 Å². The molecule has 0 saturated heterocycles. The highest BCUT2D eigenvalue weighted by atomic mass is 16.3. The normalized spacial score (nSPS) is 11.3. The second kappa shape index (κ2) is 8.07. The minimum atomic E-state index is 0.0608. The first-order valence-corrected chi connectivity index (χ1v) is 7.08. The van der Waals surface area contributed by atoms with Gasteiger partial charge in [-0.3, -0.25) is 9.69 Å². The maximum absolute atomic E-state index is 12.2. The van der Waals surface area contributed by atoms with E-state index in [9.17, 15) is 4.79 Å². The van der Waals surface area contributed by atoms with Gasteiger partial charge in [-0.25, -0.2) is 0 Å². The van der Waals surface area contributed by atoms with Gasteiger partial charge in [0.25, 0.3) is 0 Å². The fourth-order valence-electron chi connectivity index (χ4n) is 1.98. The molecule has 1 aromatic heterocycles. The molecule has 1 aromatic rings. The van der Waals surface area contributed by atoms with Crippen molar-refractivity contribution in [2.45, 2.75) is 39.8 Å². The summed E-state index contributed by atoms with van der Waals surface area (Å²) in [4.78, 5) is 16.0. The lowest BCUT2D eigenvalue weighted by molar-refractivity contribution is -0.132. The molecule has 0 saturated carbocycles. The van der Waals surface area contributed by atoms with Crippen LogP contribution in [0.1, 0.15) is 31.8 Å². The molecule has 0 aliphatic rings. The van der Waals surface area contributed by atoms with Crippen molar-refractivity contribution in [2.75, 3.05) is 26.7 Å². The summed E-state index contributed by atoms with van der Waals surface area (Å²) in [6, 6.07) is 4.07. The van der Waals surface area contributed by atoms with E-state index >= 15 is 0 Å². The summed E-state index contributed by atoms with van der Waals surface area (Å²) in [5, 5.41) is 8.90. The number of hydrogen-bond acceptors (Lipinski definition) is 4. The molecule has 0 unspecified atom stereocenters. The van der Waals surface area contributed by atoms with Gasteiger partial charge >= 0.3 is 0 Å². The molecule has 0 aromatic carbocycles. The number of nitrogens with zero attached hydrogens (tertiary/aromatic N) is 2. The Morgan fingerprint density at radius 3 is 2.60 bits per heavy atom. The number of likely N-dealkylation sites (N-methyl/N-ethyl adjacent to an activating group) is 1. The van der Waals surface area contributed by atoms with Crippen molar-refractivity contribution in [3.8, 4) is 0 Å². The lowest BCUT2D eigenvalue weighted by atomic mass is 10.2. The topological polar surface area (TPSA) is 56.9 Å². The van der Waals surface area contributed by atoms with E-state index in [-0.39, 0.29) is 18.6 Å². The Morgan fingerprint density at radius 1 is 1.40 bits per heavy atom. The fraction of sp³-hybridized carbons (Fsp3) is 0.667. The van der Waals surface area contributed by atoms with E-state index in [0.29, 0.717) is 19.5 Å². The number of aliphatic hydroxyl groups excluding tert-OH is 1. The first-order valence-electron chi connectivity index (χ1n) is 7.08. The second-order valence-electron chi connectivity index (χ2n) is 5.40. The van der Waals surface area contributed by atoms with Gasteiger partial charge in [-0.2, -0.15) is 0 Å². The van der Waals surface area contributed by atoms with Crippen molar-refractivity contribution < 1.29 is 14.3 Å². The molecule has 1 rings (SSSR count). The number of carbonyl (C=O) groups is 1. The number of rotatable bonds is 8. The first-order chi connectivity index (χ1) is 9.43. The summed E-state index contributed by atoms with van der Waals surface area (Å²) < 4.78 is 5.48. The number of furan rings is 1. The minimum Gasteiger partial charge on any atom is -0.464 e. The number of aliphatic hydroxyl groups is 1. The zero-order valence-corrected chi connectivity index (χ0v) is 12.9. The Bertz CT molecular complexity index is 415. The molecule has 0 spiro atoms. The maximum Gasteiger partial charge on any atom is 0.236 e. The predicted molar refractivity (Wildman–Crippen MR) is 78.3 cm³/mol. The van der Waals surface area contributed by atoms with Gasteiger partial charge in [0, 0.05) is 26.2 Å². The molecule has 1 heterocycles. The van der Waals surface area contributed by atoms with Gasteiger partial charge < -0.3 is 14.4 Å². The summed E-state index contributed by atoms with van der Waals surface area (Å²) in [6.45, 7) is 7.74. The Hall–Kier alpha value is -1.33. The van der Waals surface area contributed by atoms with Crippen LogP contribution >= 0.6 is 0 Å². The second-order valence-corrected chi connectivity index (χ2v) is 5.40. The van der Waals surface area contributed by atoms with Gasteiger partial charge in [-0.15, -0.1) is 0 Å². The molecule has 5 nitrogen and oxygen atoms in total. The van der Waals surface area contributed by atoms with Crippen molar-refractivity contribution in [3.05, 3.63) is 23.7 Å². The standard InChI is InChI=1S/C15H26N2O3/c1-12(2)17(8-5-9-18)11-15(19)16(4)10-14-7-6-13(3)20-14/h6-7,12,18H,5,8-11H2,1-4H3. The van der Waals surface area contributed by atoms with Crippen LogP contribution in [0.25, 0.3) is 0 Å². The molecule has 0 fully saturated rings. The van der Waals surface area contributed by atoms with Crippen molar-refractivity contribution in [3.63, 3.8) is 0 Å². The van der Waals surface area contributed by atoms with E-state index in [1.54, 1.807) is 11.9 Å². The molecule has 0 aliphatic carbocycles. The zero-order valence-electron chi connectivity index (χ0n) is 12.9. The van der Waals surface area contributed by atoms with Gasteiger partial charge in [-0.1, -0.05) is 0 Å². The summed E-state index contributed by atoms with van der Waals surface area (Å²) >= 11 is 0.